The molecule has 0 aliphatic heterocycles. The summed E-state index contributed by atoms with van der Waals surface area (Å²) in [6, 6.07) is 2.20. The van der Waals surface area contributed by atoms with Gasteiger partial charge >= 0.3 is 0 Å². The fraction of sp³-hybridized carbons (Fsp3) is 0.636. The maximum Gasteiger partial charge on any atom is 0.185 e. The Hall–Kier alpha value is -1.08. The van der Waals surface area contributed by atoms with E-state index < -0.39 is 0 Å². The van der Waals surface area contributed by atoms with Gasteiger partial charge in [0, 0.05) is 18.0 Å². The molecule has 0 saturated heterocycles. The highest BCUT2D eigenvalue weighted by atomic mass is 32.1. The van der Waals surface area contributed by atoms with Gasteiger partial charge in [-0.2, -0.15) is 5.26 Å². The Bertz CT molecular complexity index is 347. The van der Waals surface area contributed by atoms with Crippen molar-refractivity contribution >= 4 is 16.5 Å². The van der Waals surface area contributed by atoms with Crippen molar-refractivity contribution in [2.24, 2.45) is 0 Å². The Labute approximate surface area is 95.4 Å². The maximum atomic E-state index is 8.72. The van der Waals surface area contributed by atoms with Crippen LogP contribution in [0.15, 0.2) is 0 Å². The summed E-state index contributed by atoms with van der Waals surface area (Å²) in [5.74, 6) is 0. The maximum absolute atomic E-state index is 8.72. The van der Waals surface area contributed by atoms with Gasteiger partial charge in [0.15, 0.2) is 5.13 Å². The van der Waals surface area contributed by atoms with Crippen LogP contribution in [0, 0.1) is 11.3 Å². The molecule has 0 aliphatic carbocycles. The number of nitrogens with zero attached hydrogens (tertiary/aromatic N) is 3. The average Bonchev–Trinajstić information content (AvgIpc) is 2.64. The number of hydrogen-bond donors (Lipinski definition) is 0. The molecular weight excluding hydrogens is 206 g/mol. The van der Waals surface area contributed by atoms with Crippen LogP contribution in [0.25, 0.3) is 0 Å². The van der Waals surface area contributed by atoms with E-state index >= 15 is 0 Å². The Kier molecular flexibility index (Phi) is 4.57. The molecule has 0 atom stereocenters. The fourth-order valence-electron chi connectivity index (χ4n) is 1.49. The molecule has 0 amide bonds. The smallest absolute Gasteiger partial charge is 0.185 e. The van der Waals surface area contributed by atoms with Gasteiger partial charge < -0.3 is 4.90 Å². The SMILES string of the molecule is CCc1nc(N(CC)CC)sc1CC#N. The van der Waals surface area contributed by atoms with Crippen LogP contribution in [0.3, 0.4) is 0 Å². The summed E-state index contributed by atoms with van der Waals surface area (Å²) >= 11 is 1.66. The molecule has 0 bridgehead atoms. The molecule has 0 saturated carbocycles. The van der Waals surface area contributed by atoms with Crippen LogP contribution in [0.1, 0.15) is 31.3 Å². The second-order valence-corrected chi connectivity index (χ2v) is 4.29. The number of aryl methyl sites for hydroxylation is 1. The third-order valence-electron chi connectivity index (χ3n) is 2.38. The van der Waals surface area contributed by atoms with Crippen LogP contribution in [0.5, 0.6) is 0 Å². The Balaban J connectivity index is 2.96. The molecule has 1 heterocycles. The standard InChI is InChI=1S/C11H17N3S/c1-4-9-10(7-8-12)15-11(13-9)14(5-2)6-3/h4-7H2,1-3H3. The molecule has 0 spiro atoms. The predicted octanol–water partition coefficient (Wildman–Crippen LogP) is 2.62. The highest BCUT2D eigenvalue weighted by molar-refractivity contribution is 7.15. The normalized spacial score (nSPS) is 10.0. The van der Waals surface area contributed by atoms with E-state index in [0.717, 1.165) is 35.2 Å². The molecule has 0 unspecified atom stereocenters. The zero-order valence-corrected chi connectivity index (χ0v) is 10.4. The highest BCUT2D eigenvalue weighted by Gasteiger charge is 2.12. The molecule has 82 valence electrons. The second-order valence-electron chi connectivity index (χ2n) is 3.23. The molecule has 1 aromatic rings. The zero-order chi connectivity index (χ0) is 11.3. The van der Waals surface area contributed by atoms with Crippen molar-refractivity contribution in [1.82, 2.24) is 4.98 Å². The first-order chi connectivity index (χ1) is 7.26. The van der Waals surface area contributed by atoms with E-state index in [1.54, 1.807) is 11.3 Å². The van der Waals surface area contributed by atoms with Crippen LogP contribution < -0.4 is 4.90 Å². The number of aromatic nitrogens is 1. The second kappa shape index (κ2) is 5.72. The monoisotopic (exact) mass is 223 g/mol. The van der Waals surface area contributed by atoms with Gasteiger partial charge in [-0.3, -0.25) is 0 Å². The number of anilines is 1. The molecule has 1 aromatic heterocycles. The zero-order valence-electron chi connectivity index (χ0n) is 9.58. The third kappa shape index (κ3) is 2.69. The number of nitriles is 1. The van der Waals surface area contributed by atoms with Crippen molar-refractivity contribution in [1.29, 1.82) is 5.26 Å². The van der Waals surface area contributed by atoms with Crippen LogP contribution >= 0.6 is 11.3 Å². The highest BCUT2D eigenvalue weighted by Crippen LogP contribution is 2.26. The number of rotatable bonds is 5. The summed E-state index contributed by atoms with van der Waals surface area (Å²) in [6.07, 6.45) is 1.40. The van der Waals surface area contributed by atoms with Gasteiger partial charge in [0.1, 0.15) is 0 Å². The van der Waals surface area contributed by atoms with Gasteiger partial charge in [0.25, 0.3) is 0 Å². The molecule has 1 rings (SSSR count). The minimum absolute atomic E-state index is 0.488. The van der Waals surface area contributed by atoms with Crippen molar-refractivity contribution < 1.29 is 0 Å². The summed E-state index contributed by atoms with van der Waals surface area (Å²) in [7, 11) is 0. The topological polar surface area (TPSA) is 39.9 Å². The molecule has 0 aliphatic rings. The lowest BCUT2D eigenvalue weighted by Crippen LogP contribution is -2.21. The summed E-state index contributed by atoms with van der Waals surface area (Å²) in [6.45, 7) is 8.28. The van der Waals surface area contributed by atoms with Gasteiger partial charge in [-0.05, 0) is 20.3 Å². The first kappa shape index (κ1) is 12.0. The molecular formula is C11H17N3S. The van der Waals surface area contributed by atoms with Gasteiger partial charge in [-0.25, -0.2) is 4.98 Å². The molecule has 0 N–H and O–H groups in total. The van der Waals surface area contributed by atoms with Crippen molar-refractivity contribution in [2.45, 2.75) is 33.6 Å². The van der Waals surface area contributed by atoms with Crippen LogP contribution in [0.4, 0.5) is 5.13 Å². The minimum Gasteiger partial charge on any atom is -0.349 e. The predicted molar refractivity (Wildman–Crippen MR) is 64.4 cm³/mol. The van der Waals surface area contributed by atoms with Crippen molar-refractivity contribution in [3.8, 4) is 6.07 Å². The largest absolute Gasteiger partial charge is 0.349 e. The minimum atomic E-state index is 0.488. The summed E-state index contributed by atoms with van der Waals surface area (Å²) < 4.78 is 0. The van der Waals surface area contributed by atoms with Crippen LogP contribution in [-0.2, 0) is 12.8 Å². The van der Waals surface area contributed by atoms with Gasteiger partial charge in [-0.1, -0.05) is 6.92 Å². The van der Waals surface area contributed by atoms with E-state index in [0.29, 0.717) is 6.42 Å². The van der Waals surface area contributed by atoms with Crippen LogP contribution in [0.2, 0.25) is 0 Å². The Morgan fingerprint density at radius 1 is 1.33 bits per heavy atom. The Morgan fingerprint density at radius 2 is 2.00 bits per heavy atom. The summed E-state index contributed by atoms with van der Waals surface area (Å²) in [5, 5.41) is 9.77. The van der Waals surface area contributed by atoms with E-state index in [-0.39, 0.29) is 0 Å². The molecule has 3 nitrogen and oxygen atoms in total. The van der Waals surface area contributed by atoms with Crippen molar-refractivity contribution in [3.05, 3.63) is 10.6 Å². The van der Waals surface area contributed by atoms with Crippen molar-refractivity contribution in [2.75, 3.05) is 18.0 Å². The number of thiazole rings is 1. The fourth-order valence-corrected chi connectivity index (χ4v) is 2.69. The first-order valence-corrected chi connectivity index (χ1v) is 6.18. The quantitative estimate of drug-likeness (QED) is 0.770. The number of hydrogen-bond acceptors (Lipinski definition) is 4. The summed E-state index contributed by atoms with van der Waals surface area (Å²) in [5.41, 5.74) is 1.09. The summed E-state index contributed by atoms with van der Waals surface area (Å²) in [4.78, 5) is 7.94. The van der Waals surface area contributed by atoms with Gasteiger partial charge in [0.2, 0.25) is 0 Å². The third-order valence-corrected chi connectivity index (χ3v) is 3.53. The molecule has 4 heteroatoms. The van der Waals surface area contributed by atoms with E-state index in [2.05, 4.69) is 36.7 Å². The average molecular weight is 223 g/mol. The molecule has 0 aromatic carbocycles. The first-order valence-electron chi connectivity index (χ1n) is 5.37. The lowest BCUT2D eigenvalue weighted by Gasteiger charge is -2.16. The molecule has 0 fully saturated rings. The lowest BCUT2D eigenvalue weighted by molar-refractivity contribution is 0.853. The van der Waals surface area contributed by atoms with E-state index in [1.807, 2.05) is 0 Å². The van der Waals surface area contributed by atoms with Crippen LogP contribution in [-0.4, -0.2) is 18.1 Å². The van der Waals surface area contributed by atoms with Crippen molar-refractivity contribution in [3.63, 3.8) is 0 Å². The van der Waals surface area contributed by atoms with E-state index in [4.69, 9.17) is 5.26 Å². The molecule has 15 heavy (non-hydrogen) atoms. The van der Waals surface area contributed by atoms with Gasteiger partial charge in [-0.15, -0.1) is 11.3 Å². The Morgan fingerprint density at radius 3 is 2.47 bits per heavy atom. The van der Waals surface area contributed by atoms with Gasteiger partial charge in [0.05, 0.1) is 18.2 Å². The van der Waals surface area contributed by atoms with E-state index in [9.17, 15) is 0 Å². The molecule has 0 radical (unpaired) electrons. The van der Waals surface area contributed by atoms with E-state index in [1.165, 1.54) is 0 Å². The lowest BCUT2D eigenvalue weighted by atomic mass is 10.2.